The zero-order chi connectivity index (χ0) is 23.1. The third-order valence-electron chi connectivity index (χ3n) is 5.34. The summed E-state index contributed by atoms with van der Waals surface area (Å²) in [6, 6.07) is 12.6. The van der Waals surface area contributed by atoms with Crippen LogP contribution in [0, 0.1) is 11.6 Å². The summed E-state index contributed by atoms with van der Waals surface area (Å²) in [7, 11) is 1.86. The highest BCUT2D eigenvalue weighted by Crippen LogP contribution is 2.33. The van der Waals surface area contributed by atoms with Crippen molar-refractivity contribution in [2.45, 2.75) is 6.92 Å². The zero-order valence-corrected chi connectivity index (χ0v) is 17.9. The molecule has 0 aliphatic rings. The summed E-state index contributed by atoms with van der Waals surface area (Å²) in [6.07, 6.45) is 7.34. The van der Waals surface area contributed by atoms with E-state index in [1.807, 2.05) is 36.0 Å². The Morgan fingerprint density at radius 1 is 0.939 bits per heavy atom. The van der Waals surface area contributed by atoms with Gasteiger partial charge in [-0.05, 0) is 53.6 Å². The van der Waals surface area contributed by atoms with E-state index in [1.165, 1.54) is 19.1 Å². The van der Waals surface area contributed by atoms with Crippen molar-refractivity contribution in [2.75, 3.05) is 5.32 Å². The number of nitrogens with one attached hydrogen (secondary N) is 1. The van der Waals surface area contributed by atoms with Crippen LogP contribution in [0.1, 0.15) is 6.92 Å². The minimum Gasteiger partial charge on any atom is -0.326 e. The minimum atomic E-state index is -0.680. The molecule has 3 aromatic heterocycles. The fourth-order valence-electron chi connectivity index (χ4n) is 3.87. The predicted molar refractivity (Wildman–Crippen MR) is 122 cm³/mol. The molecule has 0 atom stereocenters. The van der Waals surface area contributed by atoms with Crippen LogP contribution in [-0.2, 0) is 11.8 Å². The van der Waals surface area contributed by atoms with Gasteiger partial charge < -0.3 is 5.32 Å². The molecule has 164 valence electrons. The third kappa shape index (κ3) is 3.98. The lowest BCUT2D eigenvalue weighted by Gasteiger charge is -2.12. The van der Waals surface area contributed by atoms with Crippen molar-refractivity contribution >= 4 is 17.2 Å². The number of amides is 1. The summed E-state index contributed by atoms with van der Waals surface area (Å²) >= 11 is 0. The number of halogens is 2. The van der Waals surface area contributed by atoms with Crippen molar-refractivity contribution in [1.29, 1.82) is 0 Å². The van der Waals surface area contributed by atoms with E-state index in [-0.39, 0.29) is 11.5 Å². The molecule has 5 rings (SSSR count). The number of hydrogen-bond acceptors (Lipinski definition) is 3. The Kier molecular flexibility index (Phi) is 4.97. The number of rotatable bonds is 4. The first-order chi connectivity index (χ1) is 15.9. The van der Waals surface area contributed by atoms with Gasteiger partial charge in [0.15, 0.2) is 0 Å². The number of nitrogens with zero attached hydrogens (tertiary/aromatic N) is 4. The zero-order valence-electron chi connectivity index (χ0n) is 17.9. The standard InChI is InChI=1S/C25H19F2N5O/c1-15(33)30-21-8-17(22-4-3-20(26)11-23(22)27)7-18(9-21)24-13-28-25-10-16(5-6-32(24)25)19-12-29-31(2)14-19/h3-14H,1-2H3,(H,30,33). The number of pyridine rings is 1. The summed E-state index contributed by atoms with van der Waals surface area (Å²) in [5.41, 5.74) is 5.42. The van der Waals surface area contributed by atoms with E-state index in [1.54, 1.807) is 35.3 Å². The number of aromatic nitrogens is 4. The monoisotopic (exact) mass is 443 g/mol. The number of fused-ring (bicyclic) bond motifs is 1. The number of anilines is 1. The first-order valence-electron chi connectivity index (χ1n) is 10.2. The molecule has 0 saturated heterocycles. The number of benzene rings is 2. The second-order valence-corrected chi connectivity index (χ2v) is 7.79. The van der Waals surface area contributed by atoms with Crippen LogP contribution in [0.3, 0.4) is 0 Å². The fraction of sp³-hybridized carbons (Fsp3) is 0.0800. The van der Waals surface area contributed by atoms with Crippen LogP contribution in [0.4, 0.5) is 14.5 Å². The predicted octanol–water partition coefficient (Wildman–Crippen LogP) is 5.31. The number of aryl methyl sites for hydroxylation is 1. The normalized spacial score (nSPS) is 11.2. The molecule has 0 unspecified atom stereocenters. The molecule has 1 amide bonds. The van der Waals surface area contributed by atoms with Gasteiger partial charge in [0.25, 0.3) is 0 Å². The van der Waals surface area contributed by atoms with Gasteiger partial charge in [-0.3, -0.25) is 13.9 Å². The molecule has 0 aliphatic heterocycles. The Balaban J connectivity index is 1.64. The fourth-order valence-corrected chi connectivity index (χ4v) is 3.87. The molecule has 2 aromatic carbocycles. The largest absolute Gasteiger partial charge is 0.326 e. The van der Waals surface area contributed by atoms with E-state index in [2.05, 4.69) is 15.4 Å². The number of carbonyl (C=O) groups is 1. The third-order valence-corrected chi connectivity index (χ3v) is 5.34. The molecule has 1 N–H and O–H groups in total. The molecule has 0 aliphatic carbocycles. The average molecular weight is 443 g/mol. The van der Waals surface area contributed by atoms with Gasteiger partial charge in [0.1, 0.15) is 17.3 Å². The van der Waals surface area contributed by atoms with E-state index in [0.717, 1.165) is 34.1 Å². The highest BCUT2D eigenvalue weighted by molar-refractivity contribution is 5.91. The molecule has 0 saturated carbocycles. The van der Waals surface area contributed by atoms with Gasteiger partial charge in [0, 0.05) is 54.8 Å². The highest BCUT2D eigenvalue weighted by Gasteiger charge is 2.14. The minimum absolute atomic E-state index is 0.234. The lowest BCUT2D eigenvalue weighted by Crippen LogP contribution is -2.06. The molecule has 0 radical (unpaired) electrons. The molecule has 3 heterocycles. The summed E-state index contributed by atoms with van der Waals surface area (Å²) in [4.78, 5) is 16.2. The molecule has 5 aromatic rings. The smallest absolute Gasteiger partial charge is 0.221 e. The number of hydrogen-bond donors (Lipinski definition) is 1. The first-order valence-corrected chi connectivity index (χ1v) is 10.2. The Bertz CT molecular complexity index is 1520. The summed E-state index contributed by atoms with van der Waals surface area (Å²) in [5, 5.41) is 6.97. The van der Waals surface area contributed by atoms with Crippen LogP contribution in [0.15, 0.2) is 73.3 Å². The van der Waals surface area contributed by atoms with Crippen LogP contribution in [0.5, 0.6) is 0 Å². The van der Waals surface area contributed by atoms with E-state index < -0.39 is 11.6 Å². The molecule has 0 spiro atoms. The van der Waals surface area contributed by atoms with Crippen molar-refractivity contribution < 1.29 is 13.6 Å². The van der Waals surface area contributed by atoms with Crippen molar-refractivity contribution in [1.82, 2.24) is 19.2 Å². The van der Waals surface area contributed by atoms with Gasteiger partial charge in [-0.15, -0.1) is 0 Å². The van der Waals surface area contributed by atoms with Crippen molar-refractivity contribution in [2.24, 2.45) is 7.05 Å². The van der Waals surface area contributed by atoms with Gasteiger partial charge >= 0.3 is 0 Å². The van der Waals surface area contributed by atoms with Crippen molar-refractivity contribution in [3.8, 4) is 33.5 Å². The molecule has 33 heavy (non-hydrogen) atoms. The maximum absolute atomic E-state index is 14.5. The van der Waals surface area contributed by atoms with Gasteiger partial charge in [0.05, 0.1) is 18.1 Å². The van der Waals surface area contributed by atoms with E-state index in [4.69, 9.17) is 0 Å². The maximum atomic E-state index is 14.5. The Hall–Kier alpha value is -4.33. The Morgan fingerprint density at radius 2 is 1.76 bits per heavy atom. The van der Waals surface area contributed by atoms with Crippen LogP contribution in [0.2, 0.25) is 0 Å². The lowest BCUT2D eigenvalue weighted by molar-refractivity contribution is -0.114. The van der Waals surface area contributed by atoms with Crippen LogP contribution < -0.4 is 5.32 Å². The molecular weight excluding hydrogens is 424 g/mol. The van der Waals surface area contributed by atoms with Crippen LogP contribution in [0.25, 0.3) is 39.2 Å². The SMILES string of the molecule is CC(=O)Nc1cc(-c2ccc(F)cc2F)cc(-c2cnc3cc(-c4cnn(C)c4)ccn23)c1. The topological polar surface area (TPSA) is 64.2 Å². The first kappa shape index (κ1) is 20.6. The van der Waals surface area contributed by atoms with Gasteiger partial charge in [-0.2, -0.15) is 5.10 Å². The second-order valence-electron chi connectivity index (χ2n) is 7.79. The summed E-state index contributed by atoms with van der Waals surface area (Å²) < 4.78 is 31.6. The van der Waals surface area contributed by atoms with E-state index >= 15 is 0 Å². The van der Waals surface area contributed by atoms with Gasteiger partial charge in [0.2, 0.25) is 5.91 Å². The molecular formula is C25H19F2N5O. The average Bonchev–Trinajstić information content (AvgIpc) is 3.38. The molecule has 6 nitrogen and oxygen atoms in total. The lowest BCUT2D eigenvalue weighted by atomic mass is 10.00. The Morgan fingerprint density at radius 3 is 2.48 bits per heavy atom. The van der Waals surface area contributed by atoms with E-state index in [0.29, 0.717) is 11.3 Å². The second kappa shape index (κ2) is 7.98. The number of imidazole rings is 1. The van der Waals surface area contributed by atoms with Crippen molar-refractivity contribution in [3.05, 3.63) is 85.0 Å². The summed E-state index contributed by atoms with van der Waals surface area (Å²) in [5.74, 6) is -1.59. The van der Waals surface area contributed by atoms with Crippen LogP contribution in [-0.4, -0.2) is 25.1 Å². The highest BCUT2D eigenvalue weighted by atomic mass is 19.1. The quantitative estimate of drug-likeness (QED) is 0.410. The van der Waals surface area contributed by atoms with Crippen molar-refractivity contribution in [3.63, 3.8) is 0 Å². The Labute approximate surface area is 188 Å². The van der Waals surface area contributed by atoms with Gasteiger partial charge in [-0.25, -0.2) is 13.8 Å². The maximum Gasteiger partial charge on any atom is 0.221 e. The summed E-state index contributed by atoms with van der Waals surface area (Å²) in [6.45, 7) is 1.40. The molecule has 8 heteroatoms. The van der Waals surface area contributed by atoms with E-state index in [9.17, 15) is 13.6 Å². The molecule has 0 bridgehead atoms. The molecule has 0 fully saturated rings. The number of carbonyl (C=O) groups excluding carboxylic acids is 1. The van der Waals surface area contributed by atoms with Crippen LogP contribution >= 0.6 is 0 Å². The van der Waals surface area contributed by atoms with Gasteiger partial charge in [-0.1, -0.05) is 0 Å².